The first-order valence-corrected chi connectivity index (χ1v) is 25.1. The molecule has 15 rings (SSSR count). The molecule has 342 valence electrons. The molecule has 11 aromatic carbocycles. The van der Waals surface area contributed by atoms with Crippen LogP contribution in [0.15, 0.2) is 227 Å². The van der Waals surface area contributed by atoms with Gasteiger partial charge in [-0.15, -0.1) is 0 Å². The van der Waals surface area contributed by atoms with E-state index in [0.29, 0.717) is 0 Å². The van der Waals surface area contributed by atoms with Crippen molar-refractivity contribution in [2.24, 2.45) is 0 Å². The summed E-state index contributed by atoms with van der Waals surface area (Å²) in [6.07, 6.45) is 0. The maximum atomic E-state index is 6.99. The molecule has 72 heavy (non-hydrogen) atoms. The second-order valence-electron chi connectivity index (χ2n) is 20.9. The molecule has 4 nitrogen and oxygen atoms in total. The molecule has 2 aromatic heterocycles. The van der Waals surface area contributed by atoms with Crippen LogP contribution >= 0.6 is 0 Å². The molecule has 13 aromatic rings. The Labute approximate surface area is 417 Å². The SMILES string of the molecule is CC1(C)c2ccccc2-c2c(N(c3ccccc3)c3ccc4cc5c(cc4c3)oc3c5ccc4oc5cc6cc(N(c7ccccc7)c7cccc8c7-c7ccccc7C8(C)C)ccc6cc5c43)cccc21. The number of nitrogens with zero attached hydrogens (tertiary/aromatic N) is 2. The Kier molecular flexibility index (Phi) is 8.44. The lowest BCUT2D eigenvalue weighted by Gasteiger charge is -2.29. The molecule has 0 aliphatic heterocycles. The summed E-state index contributed by atoms with van der Waals surface area (Å²) in [5.41, 5.74) is 20.4. The van der Waals surface area contributed by atoms with E-state index >= 15 is 0 Å². The predicted octanol–water partition coefficient (Wildman–Crippen LogP) is 19.3. The second-order valence-corrected chi connectivity index (χ2v) is 20.9. The molecule has 0 radical (unpaired) electrons. The minimum atomic E-state index is -0.109. The van der Waals surface area contributed by atoms with Gasteiger partial charge in [0.2, 0.25) is 0 Å². The molecular weight excluding hydrogens is 877 g/mol. The molecule has 0 saturated carbocycles. The third kappa shape index (κ3) is 5.75. The lowest BCUT2D eigenvalue weighted by molar-refractivity contribution is 0.660. The average molecular weight is 925 g/mol. The van der Waals surface area contributed by atoms with E-state index in [1.54, 1.807) is 0 Å². The monoisotopic (exact) mass is 924 g/mol. The zero-order valence-electron chi connectivity index (χ0n) is 40.5. The van der Waals surface area contributed by atoms with Crippen LogP contribution < -0.4 is 9.80 Å². The van der Waals surface area contributed by atoms with Gasteiger partial charge in [-0.25, -0.2) is 0 Å². The third-order valence-electron chi connectivity index (χ3n) is 16.2. The summed E-state index contributed by atoms with van der Waals surface area (Å²) in [5.74, 6) is 0. The van der Waals surface area contributed by atoms with Gasteiger partial charge < -0.3 is 18.6 Å². The van der Waals surface area contributed by atoms with Crippen LogP contribution in [0.5, 0.6) is 0 Å². The Morgan fingerprint density at radius 1 is 0.319 bits per heavy atom. The Morgan fingerprint density at radius 2 is 0.792 bits per heavy atom. The van der Waals surface area contributed by atoms with Crippen LogP contribution in [0.4, 0.5) is 34.1 Å². The van der Waals surface area contributed by atoms with Crippen LogP contribution in [0.1, 0.15) is 49.9 Å². The number of benzene rings is 11. The molecule has 2 aliphatic carbocycles. The van der Waals surface area contributed by atoms with Crippen molar-refractivity contribution in [2.45, 2.75) is 38.5 Å². The van der Waals surface area contributed by atoms with Crippen molar-refractivity contribution in [3.63, 3.8) is 0 Å². The summed E-state index contributed by atoms with van der Waals surface area (Å²) in [5, 5.41) is 8.72. The van der Waals surface area contributed by atoms with E-state index in [4.69, 9.17) is 8.83 Å². The fourth-order valence-corrected chi connectivity index (χ4v) is 12.7. The molecule has 2 aliphatic rings. The lowest BCUT2D eigenvalue weighted by Crippen LogP contribution is -2.16. The molecule has 0 spiro atoms. The highest BCUT2D eigenvalue weighted by Crippen LogP contribution is 2.56. The van der Waals surface area contributed by atoms with Gasteiger partial charge >= 0.3 is 0 Å². The van der Waals surface area contributed by atoms with Crippen molar-refractivity contribution in [3.05, 3.63) is 241 Å². The predicted molar refractivity (Wildman–Crippen MR) is 301 cm³/mol. The highest BCUT2D eigenvalue weighted by Gasteiger charge is 2.39. The van der Waals surface area contributed by atoms with E-state index in [-0.39, 0.29) is 10.8 Å². The van der Waals surface area contributed by atoms with Gasteiger partial charge in [-0.2, -0.15) is 0 Å². The quantitative estimate of drug-likeness (QED) is 0.166. The fraction of sp³-hybridized carbons (Fsp3) is 0.0882. The number of hydrogen-bond donors (Lipinski definition) is 0. The lowest BCUT2D eigenvalue weighted by atomic mass is 9.82. The smallest absolute Gasteiger partial charge is 0.147 e. The van der Waals surface area contributed by atoms with Crippen LogP contribution in [-0.4, -0.2) is 0 Å². The van der Waals surface area contributed by atoms with Crippen molar-refractivity contribution < 1.29 is 8.83 Å². The van der Waals surface area contributed by atoms with Crippen molar-refractivity contribution >= 4 is 99.5 Å². The zero-order chi connectivity index (χ0) is 48.0. The Bertz CT molecular complexity index is 4400. The summed E-state index contributed by atoms with van der Waals surface area (Å²) < 4.78 is 13.7. The molecule has 0 amide bonds. The second kappa shape index (κ2) is 14.8. The van der Waals surface area contributed by atoms with E-state index in [1.165, 1.54) is 55.9 Å². The maximum absolute atomic E-state index is 6.99. The first-order chi connectivity index (χ1) is 35.2. The molecule has 0 saturated heterocycles. The van der Waals surface area contributed by atoms with Crippen molar-refractivity contribution in [1.82, 2.24) is 0 Å². The fourth-order valence-electron chi connectivity index (χ4n) is 12.7. The summed E-state index contributed by atoms with van der Waals surface area (Å²) in [6, 6.07) is 79.7. The minimum Gasteiger partial charge on any atom is -0.456 e. The van der Waals surface area contributed by atoms with E-state index in [0.717, 1.165) is 88.2 Å². The third-order valence-corrected chi connectivity index (χ3v) is 16.2. The van der Waals surface area contributed by atoms with Gasteiger partial charge in [0, 0.05) is 60.9 Å². The molecule has 0 N–H and O–H groups in total. The molecule has 0 atom stereocenters. The number of anilines is 6. The van der Waals surface area contributed by atoms with Gasteiger partial charge in [-0.05, 0) is 152 Å². The number of para-hydroxylation sites is 2. The van der Waals surface area contributed by atoms with Crippen LogP contribution in [0, 0.1) is 0 Å². The molecule has 0 bridgehead atoms. The Balaban J connectivity index is 0.857. The molecule has 0 unspecified atom stereocenters. The summed E-state index contributed by atoms with van der Waals surface area (Å²) in [6.45, 7) is 9.37. The number of furan rings is 2. The van der Waals surface area contributed by atoms with Crippen molar-refractivity contribution in [3.8, 4) is 22.3 Å². The van der Waals surface area contributed by atoms with Gasteiger partial charge in [0.1, 0.15) is 22.3 Å². The molecule has 0 fully saturated rings. The molecular formula is C68H48N2O2. The van der Waals surface area contributed by atoms with Gasteiger partial charge in [-0.1, -0.05) is 149 Å². The van der Waals surface area contributed by atoms with Crippen LogP contribution in [-0.2, 0) is 10.8 Å². The molecule has 4 heteroatoms. The highest BCUT2D eigenvalue weighted by atomic mass is 16.3. The summed E-state index contributed by atoms with van der Waals surface area (Å²) in [7, 11) is 0. The van der Waals surface area contributed by atoms with Gasteiger partial charge in [0.25, 0.3) is 0 Å². The van der Waals surface area contributed by atoms with E-state index < -0.39 is 0 Å². The molecule has 2 heterocycles. The largest absolute Gasteiger partial charge is 0.456 e. The van der Waals surface area contributed by atoms with Crippen LogP contribution in [0.3, 0.4) is 0 Å². The number of rotatable bonds is 6. The topological polar surface area (TPSA) is 32.8 Å². The van der Waals surface area contributed by atoms with Crippen molar-refractivity contribution in [1.29, 1.82) is 0 Å². The first kappa shape index (κ1) is 41.0. The van der Waals surface area contributed by atoms with Gasteiger partial charge in [-0.3, -0.25) is 0 Å². The van der Waals surface area contributed by atoms with E-state index in [1.807, 2.05) is 0 Å². The summed E-state index contributed by atoms with van der Waals surface area (Å²) in [4.78, 5) is 4.83. The Morgan fingerprint density at radius 3 is 1.33 bits per heavy atom. The van der Waals surface area contributed by atoms with Crippen molar-refractivity contribution in [2.75, 3.05) is 9.80 Å². The van der Waals surface area contributed by atoms with E-state index in [9.17, 15) is 0 Å². The first-order valence-electron chi connectivity index (χ1n) is 25.1. The number of hydrogen-bond acceptors (Lipinski definition) is 4. The zero-order valence-corrected chi connectivity index (χ0v) is 40.5. The van der Waals surface area contributed by atoms with Gasteiger partial charge in [0.05, 0.1) is 16.8 Å². The van der Waals surface area contributed by atoms with Crippen LogP contribution in [0.25, 0.3) is 87.7 Å². The Hall–Kier alpha value is -8.86. The normalized spacial score (nSPS) is 14.1. The highest BCUT2D eigenvalue weighted by molar-refractivity contribution is 6.24. The average Bonchev–Trinajstić information content (AvgIpc) is 4.10. The number of fused-ring (bicyclic) bond motifs is 15. The van der Waals surface area contributed by atoms with Crippen LogP contribution in [0.2, 0.25) is 0 Å². The van der Waals surface area contributed by atoms with Gasteiger partial charge in [0.15, 0.2) is 0 Å². The standard InChI is InChI=1S/C68H48N2O2/c1-67(2)54-23-13-11-21-50(54)63-56(67)25-15-27-58(63)69(45-17-7-5-8-18-45)47-31-29-41-37-52-49-33-34-60-65(66(49)72-61(52)39-43(41)35-47)53-38-42-30-32-48(36-44(42)40-62(53)71-60)70(46-19-9-6-10-20-46)59-28-16-26-57-64(59)51-22-12-14-24-55(51)68(57,3)4/h5-40H,1-4H3. The minimum absolute atomic E-state index is 0.109. The van der Waals surface area contributed by atoms with E-state index in [2.05, 4.69) is 256 Å². The maximum Gasteiger partial charge on any atom is 0.147 e. The summed E-state index contributed by atoms with van der Waals surface area (Å²) >= 11 is 0.